The lowest BCUT2D eigenvalue weighted by Gasteiger charge is -2.20. The Morgan fingerprint density at radius 2 is 1.44 bits per heavy atom. The molecule has 0 aliphatic rings. The van der Waals surface area contributed by atoms with Crippen molar-refractivity contribution in [3.8, 4) is 23.0 Å². The lowest BCUT2D eigenvalue weighted by molar-refractivity contribution is -0.137. The average Bonchev–Trinajstić information content (AvgIpc) is 2.65. The Labute approximate surface area is 162 Å². The number of rotatable bonds is 13. The molecule has 1 rings (SSSR count). The minimum Gasteiger partial charge on any atom is -0.490 e. The van der Waals surface area contributed by atoms with Gasteiger partial charge in [-0.2, -0.15) is 0 Å². The van der Waals surface area contributed by atoms with E-state index in [1.54, 1.807) is 12.1 Å². The van der Waals surface area contributed by atoms with Crippen molar-refractivity contribution in [1.82, 2.24) is 0 Å². The lowest BCUT2D eigenvalue weighted by atomic mass is 10.1. The van der Waals surface area contributed by atoms with Crippen LogP contribution < -0.4 is 18.9 Å². The Bertz CT molecular complexity index is 609. The molecular formula is C21H32O6. The summed E-state index contributed by atoms with van der Waals surface area (Å²) in [6.07, 6.45) is 4.86. The predicted octanol–water partition coefficient (Wildman–Crippen LogP) is 4.64. The van der Waals surface area contributed by atoms with Crippen LogP contribution >= 0.6 is 0 Å². The molecule has 152 valence electrons. The summed E-state index contributed by atoms with van der Waals surface area (Å²) in [6.45, 7) is 11.8. The summed E-state index contributed by atoms with van der Waals surface area (Å²) in [6, 6.07) is 1.79. The molecule has 0 radical (unpaired) electrons. The molecule has 0 saturated carbocycles. The zero-order valence-corrected chi connectivity index (χ0v) is 17.1. The number of unbranched alkanes of at least 4 members (excludes halogenated alkanes) is 1. The molecule has 0 aliphatic heterocycles. The average molecular weight is 380 g/mol. The van der Waals surface area contributed by atoms with Gasteiger partial charge in [0.25, 0.3) is 0 Å². The van der Waals surface area contributed by atoms with E-state index in [0.29, 0.717) is 61.6 Å². The fourth-order valence-electron chi connectivity index (χ4n) is 2.38. The smallest absolute Gasteiger partial charge is 0.330 e. The molecule has 0 fully saturated rings. The van der Waals surface area contributed by atoms with Gasteiger partial charge in [-0.05, 0) is 46.3 Å². The van der Waals surface area contributed by atoms with Gasteiger partial charge in [-0.15, -0.1) is 0 Å². The number of carbonyl (C=O) groups excluding carboxylic acids is 1. The van der Waals surface area contributed by atoms with E-state index in [0.717, 1.165) is 12.8 Å². The summed E-state index contributed by atoms with van der Waals surface area (Å²) in [5.41, 5.74) is 0.666. The lowest BCUT2D eigenvalue weighted by Crippen LogP contribution is -2.07. The van der Waals surface area contributed by atoms with E-state index in [1.807, 2.05) is 34.6 Å². The summed E-state index contributed by atoms with van der Waals surface area (Å²) < 4.78 is 28.3. The van der Waals surface area contributed by atoms with Gasteiger partial charge in [-0.25, -0.2) is 4.79 Å². The molecule has 1 aromatic carbocycles. The number of esters is 1. The van der Waals surface area contributed by atoms with Crippen molar-refractivity contribution >= 4 is 12.0 Å². The number of hydrogen-bond donors (Lipinski definition) is 0. The molecule has 0 aromatic heterocycles. The molecule has 0 unspecified atom stereocenters. The second-order valence-electron chi connectivity index (χ2n) is 5.54. The van der Waals surface area contributed by atoms with E-state index in [-0.39, 0.29) is 0 Å². The van der Waals surface area contributed by atoms with Crippen molar-refractivity contribution < 1.29 is 28.5 Å². The highest BCUT2D eigenvalue weighted by atomic mass is 16.6. The number of ether oxygens (including phenoxy) is 5. The summed E-state index contributed by atoms with van der Waals surface area (Å²) in [4.78, 5) is 11.9. The second-order valence-corrected chi connectivity index (χ2v) is 5.54. The maximum absolute atomic E-state index is 11.9. The molecule has 0 aliphatic carbocycles. The van der Waals surface area contributed by atoms with Crippen LogP contribution in [0.15, 0.2) is 12.1 Å². The van der Waals surface area contributed by atoms with E-state index >= 15 is 0 Å². The highest BCUT2D eigenvalue weighted by molar-refractivity contribution is 5.88. The van der Waals surface area contributed by atoms with Crippen LogP contribution in [0.5, 0.6) is 23.0 Å². The van der Waals surface area contributed by atoms with Crippen LogP contribution in [-0.2, 0) is 9.53 Å². The van der Waals surface area contributed by atoms with Gasteiger partial charge < -0.3 is 23.7 Å². The topological polar surface area (TPSA) is 63.2 Å². The molecule has 6 heteroatoms. The first-order valence-electron chi connectivity index (χ1n) is 9.69. The van der Waals surface area contributed by atoms with E-state index in [1.165, 1.54) is 6.08 Å². The third-order valence-electron chi connectivity index (χ3n) is 3.49. The molecule has 0 bridgehead atoms. The zero-order valence-electron chi connectivity index (χ0n) is 17.1. The quantitative estimate of drug-likeness (QED) is 0.282. The SMILES string of the molecule is CCCCOC(=O)C=Cc1cc(OCC)c(OCC)c(OCC)c1OCC. The van der Waals surface area contributed by atoms with Crippen LogP contribution in [0.1, 0.15) is 53.0 Å². The monoisotopic (exact) mass is 380 g/mol. The van der Waals surface area contributed by atoms with Gasteiger partial charge >= 0.3 is 5.97 Å². The standard InChI is InChI=1S/C21H32O6/c1-6-11-14-27-18(22)13-12-16-15-17(23-7-2)20(25-9-4)21(26-10-5)19(16)24-8-3/h12-13,15H,6-11,14H2,1-5H3. The van der Waals surface area contributed by atoms with Gasteiger partial charge in [0.05, 0.1) is 33.0 Å². The number of benzene rings is 1. The first kappa shape index (κ1) is 22.7. The highest BCUT2D eigenvalue weighted by Crippen LogP contribution is 2.47. The maximum Gasteiger partial charge on any atom is 0.330 e. The first-order chi connectivity index (χ1) is 13.1. The van der Waals surface area contributed by atoms with E-state index < -0.39 is 5.97 Å². The molecule has 0 N–H and O–H groups in total. The number of hydrogen-bond acceptors (Lipinski definition) is 6. The number of carbonyl (C=O) groups is 1. The van der Waals surface area contributed by atoms with Crippen LogP contribution in [0.25, 0.3) is 6.08 Å². The fourth-order valence-corrected chi connectivity index (χ4v) is 2.38. The van der Waals surface area contributed by atoms with Crippen LogP contribution in [0.3, 0.4) is 0 Å². The highest BCUT2D eigenvalue weighted by Gasteiger charge is 2.22. The van der Waals surface area contributed by atoms with Crippen molar-refractivity contribution in [3.63, 3.8) is 0 Å². The van der Waals surface area contributed by atoms with Gasteiger partial charge in [0.2, 0.25) is 11.5 Å². The van der Waals surface area contributed by atoms with Crippen LogP contribution in [0.2, 0.25) is 0 Å². The van der Waals surface area contributed by atoms with Gasteiger partial charge in [-0.3, -0.25) is 0 Å². The van der Waals surface area contributed by atoms with Gasteiger partial charge in [0.15, 0.2) is 11.5 Å². The van der Waals surface area contributed by atoms with E-state index in [9.17, 15) is 4.79 Å². The van der Waals surface area contributed by atoms with Gasteiger partial charge in [-0.1, -0.05) is 13.3 Å². The van der Waals surface area contributed by atoms with E-state index in [4.69, 9.17) is 23.7 Å². The summed E-state index contributed by atoms with van der Waals surface area (Å²) in [7, 11) is 0. The van der Waals surface area contributed by atoms with Crippen molar-refractivity contribution in [1.29, 1.82) is 0 Å². The molecule has 27 heavy (non-hydrogen) atoms. The third-order valence-corrected chi connectivity index (χ3v) is 3.49. The predicted molar refractivity (Wildman–Crippen MR) is 106 cm³/mol. The molecule has 0 heterocycles. The summed E-state index contributed by atoms with van der Waals surface area (Å²) >= 11 is 0. The largest absolute Gasteiger partial charge is 0.490 e. The molecule has 1 aromatic rings. The van der Waals surface area contributed by atoms with Gasteiger partial charge in [0, 0.05) is 11.6 Å². The first-order valence-corrected chi connectivity index (χ1v) is 9.69. The molecule has 0 atom stereocenters. The molecule has 0 spiro atoms. The van der Waals surface area contributed by atoms with Crippen molar-refractivity contribution in [3.05, 3.63) is 17.7 Å². The molecule has 0 amide bonds. The van der Waals surface area contributed by atoms with Crippen molar-refractivity contribution in [2.75, 3.05) is 33.0 Å². The Balaban J connectivity index is 3.32. The Morgan fingerprint density at radius 3 is 2.04 bits per heavy atom. The zero-order chi connectivity index (χ0) is 20.1. The van der Waals surface area contributed by atoms with Crippen molar-refractivity contribution in [2.24, 2.45) is 0 Å². The normalized spacial score (nSPS) is 10.7. The minimum atomic E-state index is -0.393. The van der Waals surface area contributed by atoms with Gasteiger partial charge in [0.1, 0.15) is 0 Å². The fraction of sp³-hybridized carbons (Fsp3) is 0.571. The van der Waals surface area contributed by atoms with Crippen LogP contribution in [-0.4, -0.2) is 39.0 Å². The Morgan fingerprint density at radius 1 is 0.852 bits per heavy atom. The molecule has 0 saturated heterocycles. The second kappa shape index (κ2) is 12.9. The Hall–Kier alpha value is -2.37. The van der Waals surface area contributed by atoms with Crippen LogP contribution in [0, 0.1) is 0 Å². The molecule has 6 nitrogen and oxygen atoms in total. The van der Waals surface area contributed by atoms with E-state index in [2.05, 4.69) is 0 Å². The third kappa shape index (κ3) is 7.04. The summed E-state index contributed by atoms with van der Waals surface area (Å²) in [5.74, 6) is 1.66. The van der Waals surface area contributed by atoms with Crippen molar-refractivity contribution in [2.45, 2.75) is 47.5 Å². The molecular weight excluding hydrogens is 348 g/mol. The Kier molecular flexibility index (Phi) is 10.8. The maximum atomic E-state index is 11.9. The summed E-state index contributed by atoms with van der Waals surface area (Å²) in [5, 5.41) is 0. The van der Waals surface area contributed by atoms with Crippen LogP contribution in [0.4, 0.5) is 0 Å². The minimum absolute atomic E-state index is 0.393.